The molecule has 2 aromatic heterocycles. The van der Waals surface area contributed by atoms with Crippen molar-refractivity contribution in [1.82, 2.24) is 14.5 Å². The summed E-state index contributed by atoms with van der Waals surface area (Å²) in [6.45, 7) is 1.17. The number of benzene rings is 2. The Labute approximate surface area is 204 Å². The quantitative estimate of drug-likeness (QED) is 0.294. The SMILES string of the molecule is COc1ccccc1OCC(=O)N(CCCn1ccnc1)c1nc2ccc(Br)cc2s1.Cl. The van der Waals surface area contributed by atoms with Crippen LogP contribution in [-0.2, 0) is 11.3 Å². The summed E-state index contributed by atoms with van der Waals surface area (Å²) in [5.74, 6) is 0.964. The Morgan fingerprint density at radius 3 is 2.78 bits per heavy atom. The molecule has 2 heterocycles. The average molecular weight is 538 g/mol. The van der Waals surface area contributed by atoms with E-state index in [2.05, 4.69) is 25.9 Å². The molecule has 7 nitrogen and oxygen atoms in total. The maximum absolute atomic E-state index is 13.2. The molecule has 0 unspecified atom stereocenters. The molecular weight excluding hydrogens is 516 g/mol. The number of aryl methyl sites for hydroxylation is 1. The highest BCUT2D eigenvalue weighted by Crippen LogP contribution is 2.31. The van der Waals surface area contributed by atoms with Gasteiger partial charge in [-0.2, -0.15) is 0 Å². The highest BCUT2D eigenvalue weighted by molar-refractivity contribution is 9.10. The van der Waals surface area contributed by atoms with Crippen molar-refractivity contribution in [3.63, 3.8) is 0 Å². The number of aromatic nitrogens is 3. The van der Waals surface area contributed by atoms with Crippen LogP contribution in [-0.4, -0.2) is 40.7 Å². The minimum atomic E-state index is -0.158. The second-order valence-electron chi connectivity index (χ2n) is 6.75. The lowest BCUT2D eigenvalue weighted by molar-refractivity contribution is -0.120. The molecule has 0 radical (unpaired) electrons. The first-order chi connectivity index (χ1) is 15.1. The zero-order chi connectivity index (χ0) is 21.6. The fourth-order valence-corrected chi connectivity index (χ4v) is 4.68. The summed E-state index contributed by atoms with van der Waals surface area (Å²) >= 11 is 4.98. The van der Waals surface area contributed by atoms with Crippen LogP contribution in [0.4, 0.5) is 5.13 Å². The highest BCUT2D eigenvalue weighted by Gasteiger charge is 2.21. The monoisotopic (exact) mass is 536 g/mol. The Morgan fingerprint density at radius 1 is 1.22 bits per heavy atom. The number of rotatable bonds is 9. The van der Waals surface area contributed by atoms with Gasteiger partial charge in [0, 0.05) is 30.0 Å². The Balaban J connectivity index is 0.00000289. The van der Waals surface area contributed by atoms with Gasteiger partial charge >= 0.3 is 0 Å². The Kier molecular flexibility index (Phi) is 8.49. The summed E-state index contributed by atoms with van der Waals surface area (Å²) in [4.78, 5) is 23.6. The molecule has 0 aliphatic carbocycles. The van der Waals surface area contributed by atoms with Crippen LogP contribution in [0.2, 0.25) is 0 Å². The summed E-state index contributed by atoms with van der Waals surface area (Å²) in [6, 6.07) is 13.2. The van der Waals surface area contributed by atoms with Crippen molar-refractivity contribution in [2.45, 2.75) is 13.0 Å². The molecule has 1 amide bonds. The zero-order valence-corrected chi connectivity index (χ0v) is 20.5. The van der Waals surface area contributed by atoms with Crippen molar-refractivity contribution in [2.24, 2.45) is 0 Å². The van der Waals surface area contributed by atoms with E-state index in [1.807, 2.05) is 41.1 Å². The van der Waals surface area contributed by atoms with E-state index < -0.39 is 0 Å². The average Bonchev–Trinajstić information content (AvgIpc) is 3.44. The van der Waals surface area contributed by atoms with Gasteiger partial charge in [-0.15, -0.1) is 12.4 Å². The number of carbonyl (C=O) groups excluding carboxylic acids is 1. The molecule has 0 aliphatic rings. The van der Waals surface area contributed by atoms with Crippen LogP contribution >= 0.6 is 39.7 Å². The highest BCUT2D eigenvalue weighted by atomic mass is 79.9. The number of hydrogen-bond acceptors (Lipinski definition) is 6. The van der Waals surface area contributed by atoms with E-state index in [-0.39, 0.29) is 24.9 Å². The Hall–Kier alpha value is -2.62. The van der Waals surface area contributed by atoms with Gasteiger partial charge in [0.05, 0.1) is 23.7 Å². The Morgan fingerprint density at radius 2 is 2.03 bits per heavy atom. The Bertz CT molecular complexity index is 1170. The summed E-state index contributed by atoms with van der Waals surface area (Å²) < 4.78 is 15.1. The number of carbonyl (C=O) groups is 1. The normalized spacial score (nSPS) is 10.6. The minimum absolute atomic E-state index is 0. The van der Waals surface area contributed by atoms with Gasteiger partial charge in [-0.05, 0) is 36.8 Å². The van der Waals surface area contributed by atoms with E-state index in [9.17, 15) is 4.79 Å². The number of halogens is 2. The van der Waals surface area contributed by atoms with Crippen LogP contribution in [0, 0.1) is 0 Å². The number of ether oxygens (including phenoxy) is 2. The number of anilines is 1. The van der Waals surface area contributed by atoms with Crippen molar-refractivity contribution in [3.8, 4) is 11.5 Å². The molecule has 0 saturated carbocycles. The van der Waals surface area contributed by atoms with Gasteiger partial charge < -0.3 is 14.0 Å². The van der Waals surface area contributed by atoms with Gasteiger partial charge in [-0.3, -0.25) is 9.69 Å². The smallest absolute Gasteiger partial charge is 0.266 e. The predicted octanol–water partition coefficient (Wildman–Crippen LogP) is 5.19. The summed E-state index contributed by atoms with van der Waals surface area (Å²) in [7, 11) is 1.58. The number of nitrogens with zero attached hydrogens (tertiary/aromatic N) is 4. The summed E-state index contributed by atoms with van der Waals surface area (Å²) in [5, 5.41) is 0.660. The van der Waals surface area contributed by atoms with E-state index >= 15 is 0 Å². The van der Waals surface area contributed by atoms with Gasteiger partial charge in [0.15, 0.2) is 23.2 Å². The molecule has 4 aromatic rings. The van der Waals surface area contributed by atoms with Gasteiger partial charge in [0.1, 0.15) is 0 Å². The number of methoxy groups -OCH3 is 1. The first kappa shape index (κ1) is 24.0. The largest absolute Gasteiger partial charge is 0.493 e. The lowest BCUT2D eigenvalue weighted by Gasteiger charge is -2.20. The van der Waals surface area contributed by atoms with E-state index in [1.165, 1.54) is 11.3 Å². The number of fused-ring (bicyclic) bond motifs is 1. The standard InChI is InChI=1S/C22H21BrN4O3S.ClH/c1-29-18-5-2-3-6-19(18)30-14-21(28)27(11-4-10-26-12-9-24-15-26)22-25-17-8-7-16(23)13-20(17)31-22;/h2-3,5-9,12-13,15H,4,10-11,14H2,1H3;1H. The maximum atomic E-state index is 13.2. The second kappa shape index (κ2) is 11.3. The van der Waals surface area contributed by atoms with Crippen LogP contribution in [0.1, 0.15) is 6.42 Å². The minimum Gasteiger partial charge on any atom is -0.493 e. The van der Waals surface area contributed by atoms with Gasteiger partial charge in [-0.1, -0.05) is 39.4 Å². The van der Waals surface area contributed by atoms with Gasteiger partial charge in [0.2, 0.25) is 0 Å². The molecule has 0 bridgehead atoms. The molecule has 10 heteroatoms. The molecule has 0 N–H and O–H groups in total. The lowest BCUT2D eigenvalue weighted by Crippen LogP contribution is -2.36. The van der Waals surface area contributed by atoms with Gasteiger partial charge in [0.25, 0.3) is 5.91 Å². The molecule has 168 valence electrons. The third-order valence-corrected chi connectivity index (χ3v) is 6.18. The summed E-state index contributed by atoms with van der Waals surface area (Å²) in [6.07, 6.45) is 6.18. The van der Waals surface area contributed by atoms with Crippen molar-refractivity contribution < 1.29 is 14.3 Å². The number of hydrogen-bond donors (Lipinski definition) is 0. The van der Waals surface area contributed by atoms with E-state index in [0.717, 1.165) is 27.7 Å². The van der Waals surface area contributed by atoms with E-state index in [0.29, 0.717) is 23.2 Å². The molecule has 4 rings (SSSR count). The fourth-order valence-electron chi connectivity index (χ4n) is 3.11. The molecule has 32 heavy (non-hydrogen) atoms. The van der Waals surface area contributed by atoms with Crippen LogP contribution in [0.25, 0.3) is 10.2 Å². The maximum Gasteiger partial charge on any atom is 0.266 e. The number of thiazole rings is 1. The number of para-hydroxylation sites is 2. The second-order valence-corrected chi connectivity index (χ2v) is 8.67. The molecule has 0 atom stereocenters. The van der Waals surface area contributed by atoms with E-state index in [1.54, 1.807) is 36.7 Å². The number of imidazole rings is 1. The molecule has 2 aromatic carbocycles. The molecule has 0 aliphatic heterocycles. The van der Waals surface area contributed by atoms with Crippen LogP contribution in [0.3, 0.4) is 0 Å². The van der Waals surface area contributed by atoms with Crippen molar-refractivity contribution in [1.29, 1.82) is 0 Å². The first-order valence-electron chi connectivity index (χ1n) is 9.72. The third-order valence-electron chi connectivity index (χ3n) is 4.65. The van der Waals surface area contributed by atoms with Crippen LogP contribution < -0.4 is 14.4 Å². The number of amides is 1. The van der Waals surface area contributed by atoms with Crippen LogP contribution in [0.5, 0.6) is 11.5 Å². The molecule has 0 spiro atoms. The fraction of sp³-hybridized carbons (Fsp3) is 0.227. The topological polar surface area (TPSA) is 69.5 Å². The van der Waals surface area contributed by atoms with Crippen LogP contribution in [0.15, 0.2) is 65.7 Å². The van der Waals surface area contributed by atoms with Gasteiger partial charge in [-0.25, -0.2) is 9.97 Å². The predicted molar refractivity (Wildman–Crippen MR) is 132 cm³/mol. The van der Waals surface area contributed by atoms with Crippen molar-refractivity contribution >= 4 is 60.9 Å². The molecule has 0 saturated heterocycles. The lowest BCUT2D eigenvalue weighted by atomic mass is 10.3. The molecular formula is C22H22BrClN4O3S. The zero-order valence-electron chi connectivity index (χ0n) is 17.3. The first-order valence-corrected chi connectivity index (χ1v) is 11.3. The van der Waals surface area contributed by atoms with Crippen molar-refractivity contribution in [3.05, 3.63) is 65.7 Å². The summed E-state index contributed by atoms with van der Waals surface area (Å²) in [5.41, 5.74) is 0.862. The molecule has 0 fully saturated rings. The van der Waals surface area contributed by atoms with E-state index in [4.69, 9.17) is 9.47 Å². The third kappa shape index (κ3) is 5.79. The van der Waals surface area contributed by atoms with Crippen molar-refractivity contribution in [2.75, 3.05) is 25.2 Å².